The first-order chi connectivity index (χ1) is 28.1. The molecule has 1 unspecified atom stereocenters. The number of ketones is 3. The number of rotatable bonds is 10. The lowest BCUT2D eigenvalue weighted by molar-refractivity contribution is -0.249. The van der Waals surface area contributed by atoms with Gasteiger partial charge in [0.25, 0.3) is 5.91 Å². The van der Waals surface area contributed by atoms with Crippen LogP contribution in [0.15, 0.2) is 42.7 Å². The second-order valence-corrected chi connectivity index (χ2v) is 15.2. The standard InChI is InChI=1S/C41H44N4O14/c1-18(43-38(53)20-9-11-42-12-10-20)40(55)45-13-5-7-24(45)39(54)44-23-14-28(58-19(2)33(23)48)59-26-16-41(56,27(47)17-46)15-22-30(26)37(52)32-31(35(22)50)34(49)21-6-4-8-25(57-3)29(21)36(32)51/h4,6,8-12,18-19,23-24,26,28,33,46,48,50,52,56H,5,7,13-17H2,1-3H3,(H,43,53)(H,44,54)/t18?,19-,23-,24+,26-,28-,33-,41-/m0/s1. The number of carbonyl (C=O) groups is 6. The smallest absolute Gasteiger partial charge is 0.252 e. The van der Waals surface area contributed by atoms with Gasteiger partial charge in [0.05, 0.1) is 42.0 Å². The van der Waals surface area contributed by atoms with Gasteiger partial charge in [-0.25, -0.2) is 0 Å². The number of hydrogen-bond acceptors (Lipinski definition) is 15. The van der Waals surface area contributed by atoms with Crippen LogP contribution in [0.25, 0.3) is 0 Å². The number of fused-ring (bicyclic) bond motifs is 3. The first kappa shape index (κ1) is 41.4. The number of likely N-dealkylation sites (tertiary alicyclic amines) is 1. The summed E-state index contributed by atoms with van der Waals surface area (Å²) in [6, 6.07) is 4.33. The molecule has 2 aromatic carbocycles. The highest BCUT2D eigenvalue weighted by molar-refractivity contribution is 6.31. The molecule has 2 fully saturated rings. The summed E-state index contributed by atoms with van der Waals surface area (Å²) in [6.45, 7) is 2.16. The molecule has 59 heavy (non-hydrogen) atoms. The minimum Gasteiger partial charge on any atom is -0.507 e. The summed E-state index contributed by atoms with van der Waals surface area (Å²) in [7, 11) is 1.30. The molecule has 0 bridgehead atoms. The summed E-state index contributed by atoms with van der Waals surface area (Å²) in [5.41, 5.74) is -3.92. The molecular formula is C41H44N4O14. The molecule has 7 rings (SSSR count). The number of benzene rings is 2. The van der Waals surface area contributed by atoms with Gasteiger partial charge in [0.15, 0.2) is 17.9 Å². The summed E-state index contributed by atoms with van der Waals surface area (Å²) in [5, 5.41) is 61.5. The zero-order chi connectivity index (χ0) is 42.5. The van der Waals surface area contributed by atoms with Gasteiger partial charge < -0.3 is 55.3 Å². The van der Waals surface area contributed by atoms with Crippen molar-refractivity contribution in [2.75, 3.05) is 20.3 Å². The monoisotopic (exact) mass is 816 g/mol. The molecule has 3 heterocycles. The fourth-order valence-corrected chi connectivity index (χ4v) is 8.53. The predicted molar refractivity (Wildman–Crippen MR) is 202 cm³/mol. The van der Waals surface area contributed by atoms with E-state index >= 15 is 0 Å². The van der Waals surface area contributed by atoms with E-state index in [-0.39, 0.29) is 41.0 Å². The maximum absolute atomic E-state index is 14.0. The van der Waals surface area contributed by atoms with Crippen LogP contribution < -0.4 is 15.4 Å². The van der Waals surface area contributed by atoms with E-state index in [1.54, 1.807) is 0 Å². The number of phenols is 2. The van der Waals surface area contributed by atoms with E-state index in [1.807, 2.05) is 0 Å². The largest absolute Gasteiger partial charge is 0.507 e. The first-order valence-corrected chi connectivity index (χ1v) is 19.1. The zero-order valence-electron chi connectivity index (χ0n) is 32.3. The highest BCUT2D eigenvalue weighted by Crippen LogP contribution is 2.52. The molecule has 18 heteroatoms. The molecule has 7 N–H and O–H groups in total. The molecule has 0 saturated carbocycles. The van der Waals surface area contributed by atoms with Crippen molar-refractivity contribution in [3.8, 4) is 17.2 Å². The van der Waals surface area contributed by atoms with Crippen LogP contribution in [0, 0.1) is 0 Å². The summed E-state index contributed by atoms with van der Waals surface area (Å²) >= 11 is 0. The topological polar surface area (TPSA) is 271 Å². The van der Waals surface area contributed by atoms with Gasteiger partial charge in [-0.05, 0) is 44.9 Å². The van der Waals surface area contributed by atoms with Crippen molar-refractivity contribution in [3.63, 3.8) is 0 Å². The third-order valence-electron chi connectivity index (χ3n) is 11.6. The van der Waals surface area contributed by atoms with Gasteiger partial charge in [0.1, 0.15) is 47.6 Å². The van der Waals surface area contributed by atoms with E-state index in [9.17, 15) is 54.3 Å². The number of aromatic nitrogens is 1. The van der Waals surface area contributed by atoms with Crippen molar-refractivity contribution >= 4 is 35.1 Å². The molecule has 2 aliphatic heterocycles. The van der Waals surface area contributed by atoms with E-state index in [0.29, 0.717) is 18.4 Å². The molecule has 2 aliphatic carbocycles. The van der Waals surface area contributed by atoms with Crippen LogP contribution in [-0.2, 0) is 30.3 Å². The van der Waals surface area contributed by atoms with Crippen molar-refractivity contribution in [2.24, 2.45) is 0 Å². The van der Waals surface area contributed by atoms with E-state index in [1.165, 1.54) is 68.6 Å². The van der Waals surface area contributed by atoms with Crippen molar-refractivity contribution in [2.45, 2.75) is 94.3 Å². The van der Waals surface area contributed by atoms with Crippen LogP contribution in [0.2, 0.25) is 0 Å². The SMILES string of the molecule is COc1cccc2c1C(=O)c1c(O)c3c(c(O)c1C2=O)C[C@@](O)(C(=O)CO)C[C@@H]3O[C@H]1C[C@H](NC(=O)[C@H]2CCCN2C(=O)C(C)NC(=O)c2ccncc2)[C@@H](O)[C@H](C)O1. The summed E-state index contributed by atoms with van der Waals surface area (Å²) < 4.78 is 17.6. The van der Waals surface area contributed by atoms with Gasteiger partial charge in [0.2, 0.25) is 17.6 Å². The number of phenolic OH excluding ortho intramolecular Hbond substituents is 2. The molecule has 0 spiro atoms. The molecule has 3 aromatic rings. The molecule has 0 radical (unpaired) electrons. The van der Waals surface area contributed by atoms with E-state index in [0.717, 1.165) is 0 Å². The molecule has 2 saturated heterocycles. The average Bonchev–Trinajstić information content (AvgIpc) is 3.72. The summed E-state index contributed by atoms with van der Waals surface area (Å²) in [4.78, 5) is 86.0. The van der Waals surface area contributed by atoms with Crippen LogP contribution in [-0.4, -0.2) is 133 Å². The number of nitrogens with one attached hydrogen (secondary N) is 2. The number of pyridine rings is 1. The zero-order valence-corrected chi connectivity index (χ0v) is 32.3. The number of hydrogen-bond donors (Lipinski definition) is 7. The fourth-order valence-electron chi connectivity index (χ4n) is 8.53. The van der Waals surface area contributed by atoms with E-state index in [2.05, 4.69) is 15.6 Å². The van der Waals surface area contributed by atoms with Gasteiger partial charge in [0, 0.05) is 60.5 Å². The fraction of sp³-hybridized carbons (Fsp3) is 0.439. The van der Waals surface area contributed by atoms with Gasteiger partial charge in [-0.2, -0.15) is 0 Å². The Morgan fingerprint density at radius 3 is 2.46 bits per heavy atom. The minimum absolute atomic E-state index is 0.0439. The van der Waals surface area contributed by atoms with Crippen LogP contribution in [0.3, 0.4) is 0 Å². The van der Waals surface area contributed by atoms with Gasteiger partial charge in [-0.15, -0.1) is 0 Å². The summed E-state index contributed by atoms with van der Waals surface area (Å²) in [6.07, 6.45) is -2.91. The van der Waals surface area contributed by atoms with Gasteiger partial charge in [-0.1, -0.05) is 12.1 Å². The normalized spacial score (nSPS) is 26.6. The van der Waals surface area contributed by atoms with Gasteiger partial charge in [-0.3, -0.25) is 33.8 Å². The number of ether oxygens (including phenoxy) is 3. The quantitative estimate of drug-likeness (QED) is 0.107. The van der Waals surface area contributed by atoms with Crippen LogP contribution in [0.4, 0.5) is 0 Å². The predicted octanol–water partition coefficient (Wildman–Crippen LogP) is 0.363. The highest BCUT2D eigenvalue weighted by atomic mass is 16.7. The Balaban J connectivity index is 1.14. The highest BCUT2D eigenvalue weighted by Gasteiger charge is 2.51. The van der Waals surface area contributed by atoms with Gasteiger partial charge >= 0.3 is 0 Å². The van der Waals surface area contributed by atoms with Crippen molar-refractivity contribution in [3.05, 3.63) is 81.7 Å². The molecule has 1 aromatic heterocycles. The number of aliphatic hydroxyl groups excluding tert-OH is 2. The Kier molecular flexibility index (Phi) is 11.3. The number of carbonyl (C=O) groups excluding carboxylic acids is 6. The lowest BCUT2D eigenvalue weighted by Crippen LogP contribution is -2.59. The molecule has 3 amide bonds. The Labute approximate surface area is 337 Å². The molecule has 312 valence electrons. The van der Waals surface area contributed by atoms with E-state index in [4.69, 9.17) is 14.2 Å². The van der Waals surface area contributed by atoms with Crippen molar-refractivity contribution in [1.29, 1.82) is 0 Å². The number of amides is 3. The molecule has 18 nitrogen and oxygen atoms in total. The molecule has 4 aliphatic rings. The Morgan fingerprint density at radius 2 is 1.76 bits per heavy atom. The average molecular weight is 817 g/mol. The Bertz CT molecular complexity index is 2230. The number of Topliss-reactive ketones (excluding diaryl/α,β-unsaturated/α-hetero) is 1. The lowest BCUT2D eigenvalue weighted by atomic mass is 9.72. The summed E-state index contributed by atoms with van der Waals surface area (Å²) in [5.74, 6) is -5.77. The number of nitrogens with zero attached hydrogens (tertiary/aromatic N) is 2. The van der Waals surface area contributed by atoms with E-state index < -0.39 is 125 Å². The second-order valence-electron chi connectivity index (χ2n) is 15.2. The first-order valence-electron chi connectivity index (χ1n) is 19.1. The molecular weight excluding hydrogens is 772 g/mol. The maximum atomic E-state index is 14.0. The van der Waals surface area contributed by atoms with Crippen LogP contribution >= 0.6 is 0 Å². The van der Waals surface area contributed by atoms with Crippen LogP contribution in [0.5, 0.6) is 17.2 Å². The van der Waals surface area contributed by atoms with Crippen molar-refractivity contribution < 1.29 is 68.5 Å². The Morgan fingerprint density at radius 1 is 1.05 bits per heavy atom. The third-order valence-corrected chi connectivity index (χ3v) is 11.6. The number of methoxy groups -OCH3 is 1. The lowest BCUT2D eigenvalue weighted by Gasteiger charge is -2.43. The maximum Gasteiger partial charge on any atom is 0.252 e. The second kappa shape index (κ2) is 16.1. The third kappa shape index (κ3) is 7.31. The van der Waals surface area contributed by atoms with Crippen LogP contribution in [0.1, 0.15) is 99.0 Å². The number of aliphatic hydroxyl groups is 3. The number of aromatic hydroxyl groups is 2. The van der Waals surface area contributed by atoms with Crippen molar-refractivity contribution in [1.82, 2.24) is 20.5 Å². The Hall–Kier alpha value is -5.79. The minimum atomic E-state index is -2.38. The molecule has 8 atom stereocenters.